The van der Waals surface area contributed by atoms with Gasteiger partial charge in [0.2, 0.25) is 0 Å². The Bertz CT molecular complexity index is 377. The molecule has 0 aliphatic heterocycles. The molecule has 0 fully saturated rings. The number of aliphatic hydroxyl groups is 1. The Kier molecular flexibility index (Phi) is 4.65. The maximum Gasteiger partial charge on any atom is 0.142 e. The summed E-state index contributed by atoms with van der Waals surface area (Å²) >= 11 is 0. The normalized spacial score (nSPS) is 9.27. The molecule has 1 N–H and O–H groups in total. The Balaban J connectivity index is 2.72. The Hall–Kier alpha value is -1.53. The third-order valence-electron chi connectivity index (χ3n) is 1.86. The third kappa shape index (κ3) is 3.61. The molecule has 0 aliphatic rings. The lowest BCUT2D eigenvalue weighted by molar-refractivity contribution is 0.290. The van der Waals surface area contributed by atoms with Crippen LogP contribution in [0.1, 0.15) is 18.4 Å². The zero-order chi connectivity index (χ0) is 11.1. The van der Waals surface area contributed by atoms with Gasteiger partial charge in [-0.05, 0) is 18.6 Å². The van der Waals surface area contributed by atoms with Crippen LogP contribution in [0, 0.1) is 17.7 Å². The van der Waals surface area contributed by atoms with Gasteiger partial charge in [-0.1, -0.05) is 11.8 Å². The molecule has 0 heterocycles. The summed E-state index contributed by atoms with van der Waals surface area (Å²) < 4.78 is 18.2. The van der Waals surface area contributed by atoms with Crippen LogP contribution in [0.3, 0.4) is 0 Å². The van der Waals surface area contributed by atoms with E-state index in [1.807, 2.05) is 0 Å². The van der Waals surface area contributed by atoms with Gasteiger partial charge in [-0.15, -0.1) is 0 Å². The summed E-state index contributed by atoms with van der Waals surface area (Å²) in [6.07, 6.45) is 1.19. The minimum absolute atomic E-state index is 0.111. The SMILES string of the molecule is COc1ccc(C#CCCCO)c(F)c1. The van der Waals surface area contributed by atoms with Crippen molar-refractivity contribution in [2.45, 2.75) is 12.8 Å². The Morgan fingerprint density at radius 3 is 2.87 bits per heavy atom. The fourth-order valence-corrected chi connectivity index (χ4v) is 1.05. The third-order valence-corrected chi connectivity index (χ3v) is 1.86. The molecule has 0 saturated heterocycles. The first kappa shape index (κ1) is 11.5. The van der Waals surface area contributed by atoms with Gasteiger partial charge in [0.1, 0.15) is 11.6 Å². The van der Waals surface area contributed by atoms with E-state index in [0.717, 1.165) is 0 Å². The number of benzene rings is 1. The van der Waals surface area contributed by atoms with Gasteiger partial charge in [0, 0.05) is 19.1 Å². The van der Waals surface area contributed by atoms with Crippen LogP contribution in [-0.4, -0.2) is 18.8 Å². The first-order valence-corrected chi connectivity index (χ1v) is 4.71. The highest BCUT2D eigenvalue weighted by atomic mass is 19.1. The van der Waals surface area contributed by atoms with Gasteiger partial charge in [-0.25, -0.2) is 4.39 Å². The van der Waals surface area contributed by atoms with Gasteiger partial charge in [-0.3, -0.25) is 0 Å². The molecule has 0 unspecified atom stereocenters. The lowest BCUT2D eigenvalue weighted by Crippen LogP contribution is -1.87. The molecule has 80 valence electrons. The van der Waals surface area contributed by atoms with Crippen LogP contribution in [0.5, 0.6) is 5.75 Å². The van der Waals surface area contributed by atoms with Gasteiger partial charge in [0.15, 0.2) is 0 Å². The first-order chi connectivity index (χ1) is 7.27. The van der Waals surface area contributed by atoms with Crippen molar-refractivity contribution in [3.05, 3.63) is 29.6 Å². The van der Waals surface area contributed by atoms with Crippen LogP contribution < -0.4 is 4.74 Å². The van der Waals surface area contributed by atoms with Crippen molar-refractivity contribution < 1.29 is 14.2 Å². The van der Waals surface area contributed by atoms with Crippen molar-refractivity contribution in [3.8, 4) is 17.6 Å². The van der Waals surface area contributed by atoms with E-state index in [1.165, 1.54) is 13.2 Å². The molecule has 0 amide bonds. The predicted octanol–water partition coefficient (Wildman–Crippen LogP) is 1.96. The minimum Gasteiger partial charge on any atom is -0.497 e. The average Bonchev–Trinajstić information content (AvgIpc) is 2.26. The van der Waals surface area contributed by atoms with Crippen LogP contribution in [0.15, 0.2) is 18.2 Å². The van der Waals surface area contributed by atoms with Crippen molar-refractivity contribution in [2.75, 3.05) is 13.7 Å². The van der Waals surface area contributed by atoms with E-state index >= 15 is 0 Å². The smallest absolute Gasteiger partial charge is 0.142 e. The molecule has 1 aromatic carbocycles. The van der Waals surface area contributed by atoms with Crippen LogP contribution in [0.25, 0.3) is 0 Å². The lowest BCUT2D eigenvalue weighted by Gasteiger charge is -1.99. The number of hydrogen-bond donors (Lipinski definition) is 1. The standard InChI is InChI=1S/C12H13FO2/c1-15-11-7-6-10(12(13)9-11)5-3-2-4-8-14/h6-7,9,14H,2,4,8H2,1H3. The number of hydrogen-bond acceptors (Lipinski definition) is 2. The number of unbranched alkanes of at least 4 members (excludes halogenated alkanes) is 1. The summed E-state index contributed by atoms with van der Waals surface area (Å²) in [6.45, 7) is 0.111. The highest BCUT2D eigenvalue weighted by molar-refractivity contribution is 5.39. The molecule has 0 aliphatic carbocycles. The summed E-state index contributed by atoms with van der Waals surface area (Å²) in [6, 6.07) is 4.55. The molecule has 0 aromatic heterocycles. The Morgan fingerprint density at radius 2 is 2.27 bits per heavy atom. The fraction of sp³-hybridized carbons (Fsp3) is 0.333. The van der Waals surface area contributed by atoms with E-state index in [-0.39, 0.29) is 12.4 Å². The van der Waals surface area contributed by atoms with Crippen LogP contribution >= 0.6 is 0 Å². The topological polar surface area (TPSA) is 29.5 Å². The molecular weight excluding hydrogens is 195 g/mol. The highest BCUT2D eigenvalue weighted by Gasteiger charge is 2.00. The fourth-order valence-electron chi connectivity index (χ4n) is 1.05. The van der Waals surface area contributed by atoms with Crippen LogP contribution in [0.2, 0.25) is 0 Å². The van der Waals surface area contributed by atoms with Crippen molar-refractivity contribution in [3.63, 3.8) is 0 Å². The van der Waals surface area contributed by atoms with Gasteiger partial charge >= 0.3 is 0 Å². The lowest BCUT2D eigenvalue weighted by atomic mass is 10.2. The van der Waals surface area contributed by atoms with Gasteiger partial charge in [0.25, 0.3) is 0 Å². The van der Waals surface area contributed by atoms with Crippen molar-refractivity contribution >= 4 is 0 Å². The molecule has 15 heavy (non-hydrogen) atoms. The van der Waals surface area contributed by atoms with Gasteiger partial charge in [-0.2, -0.15) is 0 Å². The molecule has 1 aromatic rings. The van der Waals surface area contributed by atoms with Crippen LogP contribution in [-0.2, 0) is 0 Å². The average molecular weight is 208 g/mol. The summed E-state index contributed by atoms with van der Waals surface area (Å²) in [5.41, 5.74) is 0.355. The van der Waals surface area contributed by atoms with Gasteiger partial charge < -0.3 is 9.84 Å². The molecule has 0 atom stereocenters. The van der Waals surface area contributed by atoms with Gasteiger partial charge in [0.05, 0.1) is 12.7 Å². The van der Waals surface area contributed by atoms with E-state index in [0.29, 0.717) is 24.2 Å². The molecule has 0 spiro atoms. The predicted molar refractivity (Wildman–Crippen MR) is 56.1 cm³/mol. The van der Waals surface area contributed by atoms with E-state index in [2.05, 4.69) is 11.8 Å². The second-order valence-corrected chi connectivity index (χ2v) is 2.97. The number of methoxy groups -OCH3 is 1. The monoisotopic (exact) mass is 208 g/mol. The summed E-state index contributed by atoms with van der Waals surface area (Å²) in [4.78, 5) is 0. The van der Waals surface area contributed by atoms with E-state index in [9.17, 15) is 4.39 Å². The minimum atomic E-state index is -0.383. The molecule has 0 saturated carbocycles. The number of aliphatic hydroxyl groups excluding tert-OH is 1. The zero-order valence-electron chi connectivity index (χ0n) is 8.59. The summed E-state index contributed by atoms with van der Waals surface area (Å²) in [7, 11) is 1.49. The Morgan fingerprint density at radius 1 is 1.47 bits per heavy atom. The Labute approximate surface area is 88.7 Å². The molecule has 2 nitrogen and oxygen atoms in total. The second kappa shape index (κ2) is 6.05. The number of rotatable bonds is 3. The largest absolute Gasteiger partial charge is 0.497 e. The van der Waals surface area contributed by atoms with E-state index in [4.69, 9.17) is 9.84 Å². The zero-order valence-corrected chi connectivity index (χ0v) is 8.59. The van der Waals surface area contributed by atoms with Crippen molar-refractivity contribution in [1.82, 2.24) is 0 Å². The van der Waals surface area contributed by atoms with E-state index < -0.39 is 0 Å². The summed E-state index contributed by atoms with van der Waals surface area (Å²) in [5.74, 6) is 5.59. The maximum absolute atomic E-state index is 13.3. The molecule has 0 bridgehead atoms. The van der Waals surface area contributed by atoms with Crippen LogP contribution in [0.4, 0.5) is 4.39 Å². The number of halogens is 1. The highest BCUT2D eigenvalue weighted by Crippen LogP contribution is 2.15. The molecule has 0 radical (unpaired) electrons. The van der Waals surface area contributed by atoms with Crippen molar-refractivity contribution in [2.24, 2.45) is 0 Å². The molecular formula is C12H13FO2. The first-order valence-electron chi connectivity index (χ1n) is 4.71. The molecule has 3 heteroatoms. The quantitative estimate of drug-likeness (QED) is 0.607. The van der Waals surface area contributed by atoms with Crippen molar-refractivity contribution in [1.29, 1.82) is 0 Å². The number of ether oxygens (including phenoxy) is 1. The maximum atomic E-state index is 13.3. The van der Waals surface area contributed by atoms with E-state index in [1.54, 1.807) is 12.1 Å². The summed E-state index contributed by atoms with van der Waals surface area (Å²) in [5, 5.41) is 8.53. The molecule has 1 rings (SSSR count). The second-order valence-electron chi connectivity index (χ2n) is 2.97.